The molecule has 0 aliphatic carbocycles. The molecule has 0 saturated heterocycles. The average molecular weight is 1090 g/mol. The Hall–Kier alpha value is -3.08. The van der Waals surface area contributed by atoms with Crippen LogP contribution < -0.4 is 0 Å². The molecule has 0 aliphatic rings. The maximum absolute atomic E-state index is 12.9. The fourth-order valence-electron chi connectivity index (χ4n) is 8.46. The van der Waals surface area contributed by atoms with Crippen molar-refractivity contribution in [2.24, 2.45) is 0 Å². The molecule has 0 heterocycles. The Bertz CT molecular complexity index is 1550. The summed E-state index contributed by atoms with van der Waals surface area (Å²) < 4.78 is 39.5. The number of phosphoric ester groups is 1. The zero-order valence-corrected chi connectivity index (χ0v) is 49.6. The lowest BCUT2D eigenvalue weighted by Crippen LogP contribution is -2.30. The Balaban J connectivity index is 4.71. The van der Waals surface area contributed by atoms with E-state index in [1.165, 1.54) is 141 Å². The lowest BCUT2D eigenvalue weighted by atomic mass is 10.0. The van der Waals surface area contributed by atoms with Gasteiger partial charge in [0.1, 0.15) is 12.7 Å². The molecule has 0 aromatic heterocycles. The van der Waals surface area contributed by atoms with Crippen LogP contribution in [-0.2, 0) is 42.2 Å². The first-order valence-corrected chi connectivity index (χ1v) is 32.3. The number of carbonyl (C=O) groups excluding carboxylic acids is 3. The number of ether oxygens (including phenoxy) is 3. The number of rotatable bonds is 57. The second-order valence-corrected chi connectivity index (χ2v) is 21.9. The first-order chi connectivity index (χ1) is 37.2. The highest BCUT2D eigenvalue weighted by atomic mass is 31.2. The van der Waals surface area contributed by atoms with E-state index < -0.39 is 57.8 Å². The second kappa shape index (κ2) is 58.1. The van der Waals surface area contributed by atoms with Crippen molar-refractivity contribution >= 4 is 25.7 Å². The van der Waals surface area contributed by atoms with Gasteiger partial charge in [0.15, 0.2) is 6.10 Å². The minimum Gasteiger partial charge on any atom is -0.462 e. The highest BCUT2D eigenvalue weighted by Crippen LogP contribution is 2.43. The lowest BCUT2D eigenvalue weighted by molar-refractivity contribution is -0.161. The fraction of sp³-hybridized carbons (Fsp3) is 0.766. The standard InChI is InChI=1S/C64H113O11P/c1-4-7-10-13-16-19-22-25-27-29-30-32-34-37-40-43-46-49-52-55-64(68)75-61(57-71-62(66)53-50-47-44-41-38-35-24-21-18-15-12-9-6-3)59-73-76(69,70)72-58-60(56-65)74-63(67)54-51-48-45-42-39-36-33-31-28-26-23-20-17-14-11-8-5-2/h9,12,16,18-19,21,25,27,35,38,44,47,60-61,65H,4-8,10-11,13-15,17,20,22-24,26,28-34,36-37,39-43,45-46,48-59H2,1-3H3,(H,69,70)/b12-9-,19-16-,21-18-,27-25-,38-35-,47-44-. The first kappa shape index (κ1) is 72.9. The molecule has 0 radical (unpaired) electrons. The molecule has 440 valence electrons. The van der Waals surface area contributed by atoms with Crippen molar-refractivity contribution in [3.05, 3.63) is 72.9 Å². The Morgan fingerprint density at radius 2 is 0.711 bits per heavy atom. The average Bonchev–Trinajstić information content (AvgIpc) is 3.41. The molecular weight excluding hydrogens is 976 g/mol. The molecule has 0 fully saturated rings. The summed E-state index contributed by atoms with van der Waals surface area (Å²) in [5.41, 5.74) is 0. The summed E-state index contributed by atoms with van der Waals surface area (Å²) in [5, 5.41) is 9.84. The number of aliphatic hydroxyl groups is 1. The smallest absolute Gasteiger partial charge is 0.462 e. The SMILES string of the molecule is CC/C=C\C/C=C\C/C=C\C/C=C\CCC(=O)OCC(COP(=O)(O)OCC(CO)OC(=O)CCCCCCCCCCCCCCCCCCC)OC(=O)CCCCCCCCCCC/C=C\C/C=C\CCCCC. The number of allylic oxidation sites excluding steroid dienone is 12. The van der Waals surface area contributed by atoms with Gasteiger partial charge in [0.05, 0.1) is 19.8 Å². The second-order valence-electron chi connectivity index (χ2n) is 20.5. The van der Waals surface area contributed by atoms with E-state index in [0.29, 0.717) is 19.3 Å². The van der Waals surface area contributed by atoms with Gasteiger partial charge in [-0.3, -0.25) is 23.4 Å². The van der Waals surface area contributed by atoms with Gasteiger partial charge in [0, 0.05) is 19.3 Å². The summed E-state index contributed by atoms with van der Waals surface area (Å²) in [7, 11) is -4.77. The Labute approximate surface area is 465 Å². The van der Waals surface area contributed by atoms with Crippen molar-refractivity contribution in [1.82, 2.24) is 0 Å². The quantitative estimate of drug-likeness (QED) is 0.0197. The van der Waals surface area contributed by atoms with Crippen molar-refractivity contribution in [1.29, 1.82) is 0 Å². The normalized spacial score (nSPS) is 13.8. The third kappa shape index (κ3) is 55.7. The molecule has 12 heteroatoms. The van der Waals surface area contributed by atoms with Crippen LogP contribution in [0.3, 0.4) is 0 Å². The number of unbranched alkanes of at least 4 members (excludes halogenated alkanes) is 28. The third-order valence-electron chi connectivity index (χ3n) is 13.1. The summed E-state index contributed by atoms with van der Waals surface area (Å²) in [5.74, 6) is -1.56. The van der Waals surface area contributed by atoms with Crippen molar-refractivity contribution in [2.45, 2.75) is 290 Å². The zero-order chi connectivity index (χ0) is 55.5. The van der Waals surface area contributed by atoms with Crippen molar-refractivity contribution in [3.63, 3.8) is 0 Å². The van der Waals surface area contributed by atoms with E-state index in [1.54, 1.807) is 0 Å². The van der Waals surface area contributed by atoms with Gasteiger partial charge in [-0.2, -0.15) is 0 Å². The summed E-state index contributed by atoms with van der Waals surface area (Å²) in [6, 6.07) is 0. The van der Waals surface area contributed by atoms with E-state index in [2.05, 4.69) is 81.5 Å². The molecule has 2 N–H and O–H groups in total. The number of esters is 3. The van der Waals surface area contributed by atoms with E-state index in [4.69, 9.17) is 23.3 Å². The number of aliphatic hydroxyl groups excluding tert-OH is 1. The molecule has 3 unspecified atom stereocenters. The Kier molecular flexibility index (Phi) is 55.7. The van der Waals surface area contributed by atoms with Crippen LogP contribution in [0.4, 0.5) is 0 Å². The van der Waals surface area contributed by atoms with Crippen LogP contribution in [0.2, 0.25) is 0 Å². The molecule has 0 spiro atoms. The van der Waals surface area contributed by atoms with Gasteiger partial charge in [0.2, 0.25) is 0 Å². The number of hydrogen-bond acceptors (Lipinski definition) is 10. The van der Waals surface area contributed by atoms with Gasteiger partial charge in [-0.15, -0.1) is 0 Å². The van der Waals surface area contributed by atoms with Crippen LogP contribution in [0.1, 0.15) is 278 Å². The predicted molar refractivity (Wildman–Crippen MR) is 316 cm³/mol. The van der Waals surface area contributed by atoms with Crippen molar-refractivity contribution < 1.29 is 52.2 Å². The van der Waals surface area contributed by atoms with Gasteiger partial charge < -0.3 is 24.2 Å². The molecule has 0 aromatic rings. The highest BCUT2D eigenvalue weighted by molar-refractivity contribution is 7.47. The molecule has 0 aliphatic heterocycles. The predicted octanol–water partition coefficient (Wildman–Crippen LogP) is 18.5. The van der Waals surface area contributed by atoms with E-state index in [9.17, 15) is 28.9 Å². The molecule has 0 saturated carbocycles. The van der Waals surface area contributed by atoms with Gasteiger partial charge in [-0.05, 0) is 77.0 Å². The van der Waals surface area contributed by atoms with Crippen LogP contribution in [0.5, 0.6) is 0 Å². The van der Waals surface area contributed by atoms with E-state index >= 15 is 0 Å². The first-order valence-electron chi connectivity index (χ1n) is 30.8. The number of hydrogen-bond donors (Lipinski definition) is 2. The minimum atomic E-state index is -4.77. The maximum atomic E-state index is 12.9. The van der Waals surface area contributed by atoms with Gasteiger partial charge in [0.25, 0.3) is 0 Å². The molecule has 11 nitrogen and oxygen atoms in total. The molecule has 76 heavy (non-hydrogen) atoms. The zero-order valence-electron chi connectivity index (χ0n) is 48.7. The third-order valence-corrected chi connectivity index (χ3v) is 14.1. The summed E-state index contributed by atoms with van der Waals surface area (Å²) in [6.45, 7) is 4.46. The van der Waals surface area contributed by atoms with Crippen molar-refractivity contribution in [3.8, 4) is 0 Å². The summed E-state index contributed by atoms with van der Waals surface area (Å²) in [6.07, 6.45) is 65.9. The molecule has 0 aromatic carbocycles. The molecule has 0 rings (SSSR count). The molecule has 3 atom stereocenters. The summed E-state index contributed by atoms with van der Waals surface area (Å²) in [4.78, 5) is 48.6. The van der Waals surface area contributed by atoms with Crippen LogP contribution in [0, 0.1) is 0 Å². The van der Waals surface area contributed by atoms with Crippen molar-refractivity contribution in [2.75, 3.05) is 26.4 Å². The van der Waals surface area contributed by atoms with Gasteiger partial charge >= 0.3 is 25.7 Å². The Morgan fingerprint density at radius 3 is 1.13 bits per heavy atom. The monoisotopic (exact) mass is 1090 g/mol. The van der Waals surface area contributed by atoms with E-state index in [1.807, 2.05) is 12.2 Å². The topological polar surface area (TPSA) is 155 Å². The molecule has 0 amide bonds. The lowest BCUT2D eigenvalue weighted by Gasteiger charge is -2.21. The van der Waals surface area contributed by atoms with Crippen LogP contribution in [0.25, 0.3) is 0 Å². The molecule has 0 bridgehead atoms. The summed E-state index contributed by atoms with van der Waals surface area (Å²) >= 11 is 0. The minimum absolute atomic E-state index is 0.104. The Morgan fingerprint density at radius 1 is 0.382 bits per heavy atom. The number of phosphoric acid groups is 1. The van der Waals surface area contributed by atoms with Gasteiger partial charge in [-0.25, -0.2) is 4.57 Å². The maximum Gasteiger partial charge on any atom is 0.472 e. The van der Waals surface area contributed by atoms with E-state index in [0.717, 1.165) is 77.0 Å². The largest absolute Gasteiger partial charge is 0.472 e. The highest BCUT2D eigenvalue weighted by Gasteiger charge is 2.28. The van der Waals surface area contributed by atoms with E-state index in [-0.39, 0.29) is 25.9 Å². The van der Waals surface area contributed by atoms with Crippen LogP contribution in [-0.4, -0.2) is 66.5 Å². The number of carbonyl (C=O) groups is 3. The van der Waals surface area contributed by atoms with Crippen LogP contribution in [0.15, 0.2) is 72.9 Å². The fourth-order valence-corrected chi connectivity index (χ4v) is 9.24. The van der Waals surface area contributed by atoms with Crippen LogP contribution >= 0.6 is 7.82 Å². The van der Waals surface area contributed by atoms with Gasteiger partial charge in [-0.1, -0.05) is 254 Å². The molecular formula is C64H113O11P.